The van der Waals surface area contributed by atoms with Crippen LogP contribution in [0.5, 0.6) is 0 Å². The fraction of sp³-hybridized carbons (Fsp3) is 0.692. The van der Waals surface area contributed by atoms with Crippen molar-refractivity contribution in [1.29, 1.82) is 0 Å². The number of hydrogen-bond acceptors (Lipinski definition) is 4. The molecule has 1 aromatic heterocycles. The summed E-state index contributed by atoms with van der Waals surface area (Å²) in [7, 11) is 0. The first-order valence-electron chi connectivity index (χ1n) is 6.81. The molecule has 0 saturated carbocycles. The highest BCUT2D eigenvalue weighted by Crippen LogP contribution is 2.11. The third-order valence-corrected chi connectivity index (χ3v) is 3.50. The van der Waals surface area contributed by atoms with Crippen LogP contribution in [0.3, 0.4) is 0 Å². The lowest BCUT2D eigenvalue weighted by Crippen LogP contribution is -2.51. The van der Waals surface area contributed by atoms with Crippen LogP contribution in [-0.4, -0.2) is 50.7 Å². The number of rotatable bonds is 4. The molecule has 0 spiro atoms. The number of piperidine rings is 1. The lowest BCUT2D eigenvalue weighted by atomic mass is 10.0. The minimum absolute atomic E-state index is 0.0463. The molecule has 0 bridgehead atoms. The number of nitrogens with zero attached hydrogens (tertiary/aromatic N) is 3. The van der Waals surface area contributed by atoms with E-state index in [0.29, 0.717) is 32.5 Å². The van der Waals surface area contributed by atoms with Gasteiger partial charge in [-0.2, -0.15) is 0 Å². The summed E-state index contributed by atoms with van der Waals surface area (Å²) in [4.78, 5) is 18.0. The van der Waals surface area contributed by atoms with Gasteiger partial charge in [-0.3, -0.25) is 4.79 Å². The van der Waals surface area contributed by atoms with Crippen molar-refractivity contribution in [2.75, 3.05) is 13.1 Å². The van der Waals surface area contributed by atoms with Crippen LogP contribution in [0.1, 0.15) is 25.6 Å². The summed E-state index contributed by atoms with van der Waals surface area (Å²) in [5.41, 5.74) is 5.82. The first-order valence-corrected chi connectivity index (χ1v) is 6.81. The van der Waals surface area contributed by atoms with Crippen LogP contribution in [-0.2, 0) is 17.8 Å². The Morgan fingerprint density at radius 1 is 1.58 bits per heavy atom. The normalized spacial score (nSPS) is 23.6. The predicted molar refractivity (Wildman–Crippen MR) is 71.4 cm³/mol. The maximum Gasteiger partial charge on any atom is 0.224 e. The molecule has 0 unspecified atom stereocenters. The number of carbonyl (C=O) groups is 1. The molecular weight excluding hydrogens is 244 g/mol. The fourth-order valence-corrected chi connectivity index (χ4v) is 2.55. The molecule has 1 aliphatic heterocycles. The van der Waals surface area contributed by atoms with Gasteiger partial charge in [-0.15, -0.1) is 0 Å². The third-order valence-electron chi connectivity index (χ3n) is 3.50. The van der Waals surface area contributed by atoms with Gasteiger partial charge in [-0.05, 0) is 6.42 Å². The summed E-state index contributed by atoms with van der Waals surface area (Å²) in [5, 5.41) is 9.64. The summed E-state index contributed by atoms with van der Waals surface area (Å²) in [5.74, 6) is 1.04. The number of aryl methyl sites for hydroxylation is 2. The van der Waals surface area contributed by atoms with E-state index in [9.17, 15) is 9.90 Å². The molecule has 1 saturated heterocycles. The number of β-amino-alcohol motifs (C(OH)–C–C–N with tert-alkyl or cyclic N) is 1. The second kappa shape index (κ2) is 6.16. The Labute approximate surface area is 113 Å². The smallest absolute Gasteiger partial charge is 0.224 e. The van der Waals surface area contributed by atoms with Crippen molar-refractivity contribution in [2.24, 2.45) is 5.73 Å². The van der Waals surface area contributed by atoms with E-state index in [-0.39, 0.29) is 11.9 Å². The molecule has 2 rings (SSSR count). The number of aromatic nitrogens is 2. The highest BCUT2D eigenvalue weighted by atomic mass is 16.3. The molecule has 0 radical (unpaired) electrons. The highest BCUT2D eigenvalue weighted by molar-refractivity contribution is 5.76. The molecule has 106 valence electrons. The number of carbonyl (C=O) groups excluding carboxylic acids is 1. The van der Waals surface area contributed by atoms with Crippen LogP contribution in [0.15, 0.2) is 12.4 Å². The van der Waals surface area contributed by atoms with E-state index < -0.39 is 6.10 Å². The number of aliphatic hydroxyl groups is 1. The van der Waals surface area contributed by atoms with E-state index >= 15 is 0 Å². The minimum atomic E-state index is -0.493. The van der Waals surface area contributed by atoms with Crippen LogP contribution in [0.2, 0.25) is 0 Å². The van der Waals surface area contributed by atoms with Gasteiger partial charge in [0.1, 0.15) is 5.82 Å². The number of likely N-dealkylation sites (tertiary alicyclic amines) is 1. The molecule has 1 amide bonds. The van der Waals surface area contributed by atoms with Gasteiger partial charge in [-0.25, -0.2) is 4.98 Å². The zero-order valence-corrected chi connectivity index (χ0v) is 11.3. The van der Waals surface area contributed by atoms with Crippen LogP contribution in [0.25, 0.3) is 0 Å². The van der Waals surface area contributed by atoms with Crippen molar-refractivity contribution in [3.63, 3.8) is 0 Å². The average molecular weight is 266 g/mol. The largest absolute Gasteiger partial charge is 0.391 e. The van der Waals surface area contributed by atoms with Gasteiger partial charge in [-0.1, -0.05) is 6.92 Å². The van der Waals surface area contributed by atoms with Crippen molar-refractivity contribution >= 4 is 5.91 Å². The first kappa shape index (κ1) is 14.0. The SMILES string of the molecule is CCc1nccn1CCC(=O)N1C[C@@H](N)C[C@@H](O)C1. The van der Waals surface area contributed by atoms with Crippen LogP contribution in [0.4, 0.5) is 0 Å². The molecule has 1 aliphatic rings. The molecular formula is C13H22N4O2. The Balaban J connectivity index is 1.87. The quantitative estimate of drug-likeness (QED) is 0.787. The Kier molecular flexibility index (Phi) is 4.55. The van der Waals surface area contributed by atoms with Gasteiger partial charge < -0.3 is 20.3 Å². The summed E-state index contributed by atoms with van der Waals surface area (Å²) in [6.07, 6.45) is 5.00. The Morgan fingerprint density at radius 2 is 2.37 bits per heavy atom. The topological polar surface area (TPSA) is 84.4 Å². The van der Waals surface area contributed by atoms with Gasteiger partial charge in [0.2, 0.25) is 5.91 Å². The fourth-order valence-electron chi connectivity index (χ4n) is 2.55. The van der Waals surface area contributed by atoms with Gasteiger partial charge in [0.05, 0.1) is 6.10 Å². The van der Waals surface area contributed by atoms with Crippen molar-refractivity contribution in [2.45, 2.75) is 44.9 Å². The van der Waals surface area contributed by atoms with Gasteiger partial charge in [0.25, 0.3) is 0 Å². The predicted octanol–water partition coefficient (Wildman–Crippen LogP) is -0.244. The van der Waals surface area contributed by atoms with Crippen LogP contribution >= 0.6 is 0 Å². The highest BCUT2D eigenvalue weighted by Gasteiger charge is 2.26. The zero-order chi connectivity index (χ0) is 13.8. The van der Waals surface area contributed by atoms with Gasteiger partial charge >= 0.3 is 0 Å². The molecule has 1 fully saturated rings. The maximum atomic E-state index is 12.1. The molecule has 1 aromatic rings. The molecule has 2 atom stereocenters. The lowest BCUT2D eigenvalue weighted by molar-refractivity contribution is -0.134. The van der Waals surface area contributed by atoms with Gasteiger partial charge in [0, 0.05) is 50.9 Å². The number of amides is 1. The first-order chi connectivity index (χ1) is 9.10. The van der Waals surface area contributed by atoms with Crippen LogP contribution < -0.4 is 5.73 Å². The number of imidazole rings is 1. The molecule has 6 heteroatoms. The zero-order valence-electron chi connectivity index (χ0n) is 11.3. The lowest BCUT2D eigenvalue weighted by Gasteiger charge is -2.34. The average Bonchev–Trinajstić information content (AvgIpc) is 2.82. The van der Waals surface area contributed by atoms with E-state index in [2.05, 4.69) is 4.98 Å². The van der Waals surface area contributed by atoms with E-state index in [1.165, 1.54) is 0 Å². The second-order valence-electron chi connectivity index (χ2n) is 5.09. The molecule has 3 N–H and O–H groups in total. The third kappa shape index (κ3) is 3.54. The van der Waals surface area contributed by atoms with E-state index in [1.807, 2.05) is 17.7 Å². The standard InChI is InChI=1S/C13H22N4O2/c1-2-12-15-4-6-16(12)5-3-13(19)17-8-10(14)7-11(18)9-17/h4,6,10-11,18H,2-3,5,7-9,14H2,1H3/t10-,11+/m0/s1. The summed E-state index contributed by atoms with van der Waals surface area (Å²) < 4.78 is 2.00. The minimum Gasteiger partial charge on any atom is -0.391 e. The maximum absolute atomic E-state index is 12.1. The number of aliphatic hydroxyl groups excluding tert-OH is 1. The molecule has 0 aliphatic carbocycles. The molecule has 6 nitrogen and oxygen atoms in total. The van der Waals surface area contributed by atoms with Crippen LogP contribution in [0, 0.1) is 0 Å². The Morgan fingerprint density at radius 3 is 3.05 bits per heavy atom. The van der Waals surface area contributed by atoms with Crippen molar-refractivity contribution in [3.05, 3.63) is 18.2 Å². The number of nitrogens with two attached hydrogens (primary N) is 1. The monoisotopic (exact) mass is 266 g/mol. The molecule has 0 aromatic carbocycles. The number of hydrogen-bond donors (Lipinski definition) is 2. The van der Waals surface area contributed by atoms with Crippen molar-refractivity contribution in [3.8, 4) is 0 Å². The molecule has 19 heavy (non-hydrogen) atoms. The summed E-state index contributed by atoms with van der Waals surface area (Å²) in [6, 6.07) is -0.118. The summed E-state index contributed by atoms with van der Waals surface area (Å²) in [6.45, 7) is 3.61. The molecule has 2 heterocycles. The van der Waals surface area contributed by atoms with E-state index in [0.717, 1.165) is 12.2 Å². The van der Waals surface area contributed by atoms with Crippen molar-refractivity contribution in [1.82, 2.24) is 14.5 Å². The summed E-state index contributed by atoms with van der Waals surface area (Å²) >= 11 is 0. The van der Waals surface area contributed by atoms with E-state index in [4.69, 9.17) is 5.73 Å². The van der Waals surface area contributed by atoms with Gasteiger partial charge in [0.15, 0.2) is 0 Å². The van der Waals surface area contributed by atoms with E-state index in [1.54, 1.807) is 11.1 Å². The second-order valence-corrected chi connectivity index (χ2v) is 5.09. The van der Waals surface area contributed by atoms with Crippen molar-refractivity contribution < 1.29 is 9.90 Å². The Bertz CT molecular complexity index is 422. The Hall–Kier alpha value is -1.40.